The number of hydrogen-bond acceptors (Lipinski definition) is 1. The van der Waals surface area contributed by atoms with Gasteiger partial charge in [-0.05, 0) is 114 Å². The standard InChI is InChI=1S/C46H29BrN2/c47-46-42(48(37-23-20-30-10-1-3-13-33(30)26-37)38-24-21-31-11-2-4-14-34(31)27-38)18-9-19-43(46)49-41-25-22-32-12-7-8-17-39(32)45(41)40-28-35-15-5-6-16-36(35)29-44(40)49/h1-29H. The van der Waals surface area contributed by atoms with Gasteiger partial charge in [0.05, 0.1) is 26.9 Å². The summed E-state index contributed by atoms with van der Waals surface area (Å²) in [6.45, 7) is 0. The molecule has 0 saturated carbocycles. The molecule has 1 heterocycles. The van der Waals surface area contributed by atoms with E-state index in [9.17, 15) is 0 Å². The Morgan fingerprint density at radius 1 is 0.388 bits per heavy atom. The van der Waals surface area contributed by atoms with E-state index in [1.165, 1.54) is 64.9 Å². The molecule has 9 aromatic carbocycles. The molecule has 0 aliphatic heterocycles. The van der Waals surface area contributed by atoms with Gasteiger partial charge in [-0.3, -0.25) is 0 Å². The quantitative estimate of drug-likeness (QED) is 0.179. The van der Waals surface area contributed by atoms with Crippen LogP contribution >= 0.6 is 15.9 Å². The molecule has 3 heteroatoms. The van der Waals surface area contributed by atoms with Crippen LogP contribution in [0.25, 0.3) is 70.6 Å². The van der Waals surface area contributed by atoms with Gasteiger partial charge in [0, 0.05) is 22.1 Å². The second-order valence-corrected chi connectivity index (χ2v) is 13.5. The molecule has 0 fully saturated rings. The Hall–Kier alpha value is -5.90. The lowest BCUT2D eigenvalue weighted by atomic mass is 10.0. The summed E-state index contributed by atoms with van der Waals surface area (Å²) in [5, 5.41) is 12.4. The third-order valence-corrected chi connectivity index (χ3v) is 10.8. The van der Waals surface area contributed by atoms with Crippen LogP contribution < -0.4 is 4.90 Å². The molecule has 10 rings (SSSR count). The molecule has 230 valence electrons. The summed E-state index contributed by atoms with van der Waals surface area (Å²) in [6, 6.07) is 63.9. The highest BCUT2D eigenvalue weighted by Crippen LogP contribution is 2.45. The van der Waals surface area contributed by atoms with Crippen LogP contribution in [0, 0.1) is 0 Å². The fourth-order valence-corrected chi connectivity index (χ4v) is 8.26. The smallest absolute Gasteiger partial charge is 0.0656 e. The van der Waals surface area contributed by atoms with Crippen molar-refractivity contribution in [1.29, 1.82) is 0 Å². The Kier molecular flexibility index (Phi) is 6.37. The average molecular weight is 690 g/mol. The van der Waals surface area contributed by atoms with Crippen LogP contribution in [0.5, 0.6) is 0 Å². The van der Waals surface area contributed by atoms with E-state index in [-0.39, 0.29) is 0 Å². The minimum absolute atomic E-state index is 1.02. The van der Waals surface area contributed by atoms with E-state index >= 15 is 0 Å². The first-order valence-electron chi connectivity index (χ1n) is 16.6. The first-order chi connectivity index (χ1) is 24.2. The number of hydrogen-bond donors (Lipinski definition) is 0. The van der Waals surface area contributed by atoms with Gasteiger partial charge < -0.3 is 9.47 Å². The minimum atomic E-state index is 1.02. The van der Waals surface area contributed by atoms with Gasteiger partial charge in [-0.1, -0.05) is 121 Å². The first-order valence-corrected chi connectivity index (χ1v) is 17.4. The number of fused-ring (bicyclic) bond motifs is 8. The first kappa shape index (κ1) is 28.1. The number of anilines is 3. The predicted molar refractivity (Wildman–Crippen MR) is 213 cm³/mol. The maximum atomic E-state index is 4.21. The highest BCUT2D eigenvalue weighted by atomic mass is 79.9. The third-order valence-electron chi connectivity index (χ3n) is 9.94. The zero-order valence-electron chi connectivity index (χ0n) is 26.5. The normalized spacial score (nSPS) is 11.8. The van der Waals surface area contributed by atoms with Gasteiger partial charge >= 0.3 is 0 Å². The number of rotatable bonds is 4. The molecule has 2 nitrogen and oxygen atoms in total. The summed E-state index contributed by atoms with van der Waals surface area (Å²) in [5.74, 6) is 0. The van der Waals surface area contributed by atoms with E-state index in [1.807, 2.05) is 0 Å². The van der Waals surface area contributed by atoms with Crippen molar-refractivity contribution in [2.45, 2.75) is 0 Å². The second-order valence-electron chi connectivity index (χ2n) is 12.7. The van der Waals surface area contributed by atoms with Crippen LogP contribution in [-0.2, 0) is 0 Å². The largest absolute Gasteiger partial charge is 0.309 e. The molecule has 0 saturated heterocycles. The van der Waals surface area contributed by atoms with Crippen molar-refractivity contribution < 1.29 is 0 Å². The molecule has 49 heavy (non-hydrogen) atoms. The monoisotopic (exact) mass is 688 g/mol. The van der Waals surface area contributed by atoms with Crippen molar-refractivity contribution in [2.24, 2.45) is 0 Å². The van der Waals surface area contributed by atoms with E-state index in [0.717, 1.165) is 27.2 Å². The molecule has 0 spiro atoms. The van der Waals surface area contributed by atoms with Crippen molar-refractivity contribution in [3.8, 4) is 5.69 Å². The Morgan fingerprint density at radius 2 is 0.918 bits per heavy atom. The van der Waals surface area contributed by atoms with Crippen molar-refractivity contribution in [3.05, 3.63) is 180 Å². The molecule has 0 radical (unpaired) electrons. The highest BCUT2D eigenvalue weighted by Gasteiger charge is 2.22. The molecule has 0 aliphatic carbocycles. The topological polar surface area (TPSA) is 8.17 Å². The highest BCUT2D eigenvalue weighted by molar-refractivity contribution is 9.10. The zero-order valence-corrected chi connectivity index (χ0v) is 28.1. The number of aromatic nitrogens is 1. The molecule has 0 amide bonds. The van der Waals surface area contributed by atoms with E-state index in [0.29, 0.717) is 0 Å². The molecule has 10 aromatic rings. The van der Waals surface area contributed by atoms with Crippen LogP contribution in [0.3, 0.4) is 0 Å². The van der Waals surface area contributed by atoms with E-state index < -0.39 is 0 Å². The maximum absolute atomic E-state index is 4.21. The summed E-state index contributed by atoms with van der Waals surface area (Å²) in [6.07, 6.45) is 0. The number of halogens is 1. The lowest BCUT2D eigenvalue weighted by Gasteiger charge is -2.28. The SMILES string of the molecule is Brc1c(N(c2ccc3ccccc3c2)c2ccc3ccccc3c2)cccc1-n1c2cc3ccccc3cc2c2c3ccccc3ccc21. The Labute approximate surface area is 292 Å². The summed E-state index contributed by atoms with van der Waals surface area (Å²) >= 11 is 4.21. The predicted octanol–water partition coefficient (Wildman–Crippen LogP) is 13.6. The van der Waals surface area contributed by atoms with Crippen LogP contribution in [0.4, 0.5) is 17.1 Å². The summed E-state index contributed by atoms with van der Waals surface area (Å²) < 4.78 is 3.47. The van der Waals surface area contributed by atoms with Gasteiger partial charge in [-0.2, -0.15) is 0 Å². The summed E-state index contributed by atoms with van der Waals surface area (Å²) in [7, 11) is 0. The molecule has 0 aliphatic rings. The molecule has 0 unspecified atom stereocenters. The maximum Gasteiger partial charge on any atom is 0.0656 e. The summed E-state index contributed by atoms with van der Waals surface area (Å²) in [4.78, 5) is 2.38. The zero-order chi connectivity index (χ0) is 32.5. The number of nitrogens with zero attached hydrogens (tertiary/aromatic N) is 2. The van der Waals surface area contributed by atoms with E-state index in [1.54, 1.807) is 0 Å². The molecular formula is C46H29BrN2. The van der Waals surface area contributed by atoms with Gasteiger partial charge in [-0.15, -0.1) is 0 Å². The molecule has 1 aromatic heterocycles. The van der Waals surface area contributed by atoms with Crippen molar-refractivity contribution in [1.82, 2.24) is 4.57 Å². The van der Waals surface area contributed by atoms with Crippen LogP contribution in [-0.4, -0.2) is 4.57 Å². The molecule has 0 bridgehead atoms. The number of benzene rings is 9. The van der Waals surface area contributed by atoms with Crippen molar-refractivity contribution in [2.75, 3.05) is 4.90 Å². The van der Waals surface area contributed by atoms with Gasteiger partial charge in [0.25, 0.3) is 0 Å². The lowest BCUT2D eigenvalue weighted by Crippen LogP contribution is -2.11. The van der Waals surface area contributed by atoms with E-state index in [4.69, 9.17) is 0 Å². The Morgan fingerprint density at radius 3 is 1.57 bits per heavy atom. The average Bonchev–Trinajstić information content (AvgIpc) is 3.48. The van der Waals surface area contributed by atoms with Crippen LogP contribution in [0.1, 0.15) is 0 Å². The van der Waals surface area contributed by atoms with Crippen molar-refractivity contribution in [3.63, 3.8) is 0 Å². The van der Waals surface area contributed by atoms with Gasteiger partial charge in [0.2, 0.25) is 0 Å². The fourth-order valence-electron chi connectivity index (χ4n) is 7.64. The Bertz CT molecular complexity index is 2840. The van der Waals surface area contributed by atoms with Crippen LogP contribution in [0.2, 0.25) is 0 Å². The Balaban J connectivity index is 1.27. The lowest BCUT2D eigenvalue weighted by molar-refractivity contribution is 1.16. The molecule has 0 N–H and O–H groups in total. The van der Waals surface area contributed by atoms with Gasteiger partial charge in [0.1, 0.15) is 0 Å². The van der Waals surface area contributed by atoms with Crippen LogP contribution in [0.15, 0.2) is 180 Å². The van der Waals surface area contributed by atoms with E-state index in [2.05, 4.69) is 201 Å². The van der Waals surface area contributed by atoms with Crippen molar-refractivity contribution >= 4 is 97.9 Å². The third kappa shape index (κ3) is 4.47. The minimum Gasteiger partial charge on any atom is -0.309 e. The molecular weight excluding hydrogens is 660 g/mol. The fraction of sp³-hybridized carbons (Fsp3) is 0. The van der Waals surface area contributed by atoms with Gasteiger partial charge in [0.15, 0.2) is 0 Å². The summed E-state index contributed by atoms with van der Waals surface area (Å²) in [5.41, 5.74) is 6.74. The molecule has 0 atom stereocenters. The van der Waals surface area contributed by atoms with Gasteiger partial charge in [-0.25, -0.2) is 0 Å². The second kappa shape index (κ2) is 11.1.